The zero-order valence-electron chi connectivity index (χ0n) is 15.1. The number of halogens is 3. The van der Waals surface area contributed by atoms with Gasteiger partial charge in [0, 0.05) is 5.57 Å². The normalized spacial score (nSPS) is 11.5. The van der Waals surface area contributed by atoms with Gasteiger partial charge in [-0.3, -0.25) is 4.79 Å². The molecule has 2 aromatic carbocycles. The summed E-state index contributed by atoms with van der Waals surface area (Å²) in [5, 5.41) is 11.6. The number of nitrogens with one attached hydrogen (secondary N) is 1. The Morgan fingerprint density at radius 2 is 1.65 bits per heavy atom. The van der Waals surface area contributed by atoms with Crippen LogP contribution in [0.1, 0.15) is 29.8 Å². The Bertz CT molecular complexity index is 836. The van der Waals surface area contributed by atoms with Crippen LogP contribution in [0.2, 0.25) is 0 Å². The maximum Gasteiger partial charge on any atom is 1.00 e. The molecule has 0 bridgehead atoms. The minimum Gasteiger partial charge on any atom is -1.00 e. The van der Waals surface area contributed by atoms with Crippen LogP contribution in [0.25, 0.3) is 6.08 Å². The van der Waals surface area contributed by atoms with Gasteiger partial charge in [-0.1, -0.05) is 24.3 Å². The van der Waals surface area contributed by atoms with E-state index in [9.17, 15) is 22.8 Å². The fourth-order valence-electron chi connectivity index (χ4n) is 2.08. The van der Waals surface area contributed by atoms with Crippen molar-refractivity contribution in [3.8, 4) is 0 Å². The van der Waals surface area contributed by atoms with Crippen LogP contribution in [0.4, 0.5) is 18.9 Å². The minimum absolute atomic E-state index is 0. The second kappa shape index (κ2) is 8.74. The summed E-state index contributed by atoms with van der Waals surface area (Å²) in [6.07, 6.45) is -3.01. The molecule has 0 aliphatic heterocycles. The number of alkyl halides is 3. The summed E-state index contributed by atoms with van der Waals surface area (Å²) in [6, 6.07) is 10.3. The number of carbonyl (C=O) groups excluding carboxylic acids is 1. The fraction of sp³-hybridized carbons (Fsp3) is 0.111. The number of hydrogen-bond donors (Lipinski definition) is 2. The zero-order valence-corrected chi connectivity index (χ0v) is 14.1. The molecule has 2 aromatic rings. The molecule has 0 atom stereocenters. The second-order valence-electron chi connectivity index (χ2n) is 5.25. The van der Waals surface area contributed by atoms with Gasteiger partial charge < -0.3 is 11.8 Å². The summed E-state index contributed by atoms with van der Waals surface area (Å²) < 4.78 is 37.6. The van der Waals surface area contributed by atoms with Crippen molar-refractivity contribution in [3.05, 3.63) is 70.8 Å². The monoisotopic (exact) mass is 357 g/mol. The van der Waals surface area contributed by atoms with Gasteiger partial charge in [-0.2, -0.15) is 13.2 Å². The molecule has 8 heteroatoms. The number of benzene rings is 2. The first-order valence-corrected chi connectivity index (χ1v) is 7.17. The van der Waals surface area contributed by atoms with Crippen molar-refractivity contribution in [2.45, 2.75) is 13.1 Å². The molecule has 0 saturated carbocycles. The van der Waals surface area contributed by atoms with Crippen LogP contribution in [-0.2, 0) is 11.0 Å². The molecular weight excluding hydrogens is 342 g/mol. The number of amides is 1. The summed E-state index contributed by atoms with van der Waals surface area (Å²) in [7, 11) is 0. The van der Waals surface area contributed by atoms with E-state index < -0.39 is 23.6 Å². The van der Waals surface area contributed by atoms with Crippen LogP contribution in [-0.4, -0.2) is 17.0 Å². The van der Waals surface area contributed by atoms with Gasteiger partial charge in [-0.25, -0.2) is 4.79 Å². The number of carboxylic acids is 1. The van der Waals surface area contributed by atoms with Crippen LogP contribution < -0.4 is 24.2 Å². The Morgan fingerprint density at radius 1 is 1.08 bits per heavy atom. The Hall–Kier alpha value is -2.49. The smallest absolute Gasteiger partial charge is 1.00 e. The topological polar surface area (TPSA) is 66.4 Å². The van der Waals surface area contributed by atoms with Crippen molar-refractivity contribution in [1.82, 2.24) is 0 Å². The quantitative estimate of drug-likeness (QED) is 0.645. The summed E-state index contributed by atoms with van der Waals surface area (Å²) in [5.41, 5.74) is -0.0485. The van der Waals surface area contributed by atoms with Gasteiger partial charge in [0.2, 0.25) is 0 Å². The molecule has 0 spiro atoms. The van der Waals surface area contributed by atoms with Crippen molar-refractivity contribution in [2.75, 3.05) is 5.32 Å². The Labute approximate surface area is 161 Å². The van der Waals surface area contributed by atoms with Gasteiger partial charge in [0.05, 0.1) is 16.8 Å². The summed E-state index contributed by atoms with van der Waals surface area (Å²) in [6.45, 7) is 1.48. The van der Waals surface area contributed by atoms with E-state index >= 15 is 0 Å². The van der Waals surface area contributed by atoms with Gasteiger partial charge in [-0.15, -0.1) is 0 Å². The van der Waals surface area contributed by atoms with Crippen LogP contribution in [0.15, 0.2) is 54.1 Å². The molecule has 2 N–H and O–H groups in total. The van der Waals surface area contributed by atoms with Crippen LogP contribution in [0.3, 0.4) is 0 Å². The molecule has 0 radical (unpaired) electrons. The van der Waals surface area contributed by atoms with E-state index in [4.69, 9.17) is 5.11 Å². The summed E-state index contributed by atoms with van der Waals surface area (Å²) >= 11 is 0. The number of para-hydroxylation sites is 1. The third-order valence-electron chi connectivity index (χ3n) is 3.39. The van der Waals surface area contributed by atoms with Crippen LogP contribution in [0, 0.1) is 0 Å². The average Bonchev–Trinajstić information content (AvgIpc) is 2.54. The average molecular weight is 357 g/mol. The van der Waals surface area contributed by atoms with Gasteiger partial charge >= 0.3 is 31.0 Å². The van der Waals surface area contributed by atoms with Crippen molar-refractivity contribution in [3.63, 3.8) is 0 Å². The number of aromatic carboxylic acids is 1. The van der Waals surface area contributed by atoms with Crippen LogP contribution >= 0.6 is 0 Å². The van der Waals surface area contributed by atoms with E-state index in [1.165, 1.54) is 43.3 Å². The second-order valence-corrected chi connectivity index (χ2v) is 5.25. The largest absolute Gasteiger partial charge is 1.00 e. The van der Waals surface area contributed by atoms with Crippen molar-refractivity contribution in [2.24, 2.45) is 0 Å². The standard InChI is InChI=1S/C18H14F3NO3.Li.H/c1-11(10-12-6-8-13(9-7-12)18(19,20)21)16(23)22-15-5-3-2-4-14(15)17(24)25;;/h2-10H,1H3,(H,22,23)(H,24,25);;/q;+1;-1/b11-10+;;. The molecule has 4 nitrogen and oxygen atoms in total. The van der Waals surface area contributed by atoms with E-state index in [0.29, 0.717) is 5.56 Å². The maximum absolute atomic E-state index is 12.5. The van der Waals surface area contributed by atoms with E-state index in [-0.39, 0.29) is 37.1 Å². The fourth-order valence-corrected chi connectivity index (χ4v) is 2.08. The Kier molecular flexibility index (Phi) is 7.25. The molecule has 0 aliphatic rings. The first kappa shape index (κ1) is 21.5. The molecule has 0 saturated heterocycles. The number of rotatable bonds is 4. The number of carbonyl (C=O) groups is 2. The molecule has 0 unspecified atom stereocenters. The Morgan fingerprint density at radius 3 is 2.19 bits per heavy atom. The van der Waals surface area contributed by atoms with Gasteiger partial charge in [-0.05, 0) is 42.8 Å². The molecule has 1 amide bonds. The SMILES string of the molecule is C/C(=C\c1ccc(C(F)(F)F)cc1)C(=O)Nc1ccccc1C(=O)O.[H-].[Li+]. The van der Waals surface area contributed by atoms with Gasteiger partial charge in [0.1, 0.15) is 0 Å². The molecular formula is C18H15F3LiNO3. The molecule has 26 heavy (non-hydrogen) atoms. The molecule has 0 heterocycles. The van der Waals surface area contributed by atoms with Crippen molar-refractivity contribution >= 4 is 23.6 Å². The van der Waals surface area contributed by atoms with Crippen molar-refractivity contribution in [1.29, 1.82) is 0 Å². The van der Waals surface area contributed by atoms with E-state index in [2.05, 4.69) is 5.32 Å². The van der Waals surface area contributed by atoms with E-state index in [1.54, 1.807) is 6.07 Å². The van der Waals surface area contributed by atoms with E-state index in [1.807, 2.05) is 0 Å². The minimum atomic E-state index is -4.42. The molecule has 0 aliphatic carbocycles. The van der Waals surface area contributed by atoms with Gasteiger partial charge in [0.25, 0.3) is 5.91 Å². The predicted octanol–water partition coefficient (Wildman–Crippen LogP) is 1.56. The predicted molar refractivity (Wildman–Crippen MR) is 88.2 cm³/mol. The zero-order chi connectivity index (χ0) is 18.6. The molecule has 132 valence electrons. The molecule has 0 aromatic heterocycles. The maximum atomic E-state index is 12.5. The number of carboxylic acid groups (broad SMARTS) is 1. The van der Waals surface area contributed by atoms with Crippen LogP contribution in [0.5, 0.6) is 0 Å². The Balaban J connectivity index is 0.00000338. The molecule has 2 rings (SSSR count). The third-order valence-corrected chi connectivity index (χ3v) is 3.39. The number of hydrogen-bond acceptors (Lipinski definition) is 2. The van der Waals surface area contributed by atoms with Crippen molar-refractivity contribution < 1.29 is 48.2 Å². The summed E-state index contributed by atoms with van der Waals surface area (Å²) in [4.78, 5) is 23.3. The molecule has 0 fully saturated rings. The number of anilines is 1. The van der Waals surface area contributed by atoms with E-state index in [0.717, 1.165) is 12.1 Å². The third kappa shape index (κ3) is 5.51. The summed E-state index contributed by atoms with van der Waals surface area (Å²) in [5.74, 6) is -1.73. The van der Waals surface area contributed by atoms with Gasteiger partial charge in [0.15, 0.2) is 0 Å². The first-order valence-electron chi connectivity index (χ1n) is 7.17. The first-order chi connectivity index (χ1) is 11.7.